The molecule has 1 rings (SSSR count). The van der Waals surface area contributed by atoms with Crippen LogP contribution in [-0.2, 0) is 11.0 Å². The number of halogens is 9. The molecule has 1 heterocycles. The van der Waals surface area contributed by atoms with E-state index in [2.05, 4.69) is 10.2 Å². The fraction of sp³-hybridized carbons (Fsp3) is 0.667. The molecule has 23 heavy (non-hydrogen) atoms. The Balaban J connectivity index is 3.21. The summed E-state index contributed by atoms with van der Waals surface area (Å²) in [5, 5.41) is 3.60. The normalized spacial score (nSPS) is 14.0. The zero-order chi connectivity index (χ0) is 18.3. The summed E-state index contributed by atoms with van der Waals surface area (Å²) >= 11 is -0.398. The van der Waals surface area contributed by atoms with E-state index in [0.717, 1.165) is 5.32 Å². The second-order valence-electron chi connectivity index (χ2n) is 4.12. The van der Waals surface area contributed by atoms with Crippen molar-refractivity contribution in [3.05, 3.63) is 5.01 Å². The number of nitrogens with one attached hydrogen (secondary N) is 1. The van der Waals surface area contributed by atoms with Crippen LogP contribution in [0.3, 0.4) is 0 Å². The van der Waals surface area contributed by atoms with Crippen molar-refractivity contribution in [2.24, 2.45) is 5.41 Å². The molecule has 0 fully saturated rings. The molecule has 0 aromatic carbocycles. The van der Waals surface area contributed by atoms with Gasteiger partial charge in [-0.05, 0) is 6.42 Å². The van der Waals surface area contributed by atoms with Gasteiger partial charge < -0.3 is 0 Å². The zero-order valence-electron chi connectivity index (χ0n) is 10.8. The highest BCUT2D eigenvalue weighted by Gasteiger charge is 2.74. The van der Waals surface area contributed by atoms with Gasteiger partial charge in [0.1, 0.15) is 0 Å². The number of aromatic nitrogens is 2. The molecule has 0 spiro atoms. The van der Waals surface area contributed by atoms with Crippen LogP contribution in [0.4, 0.5) is 44.6 Å². The topological polar surface area (TPSA) is 54.9 Å². The second kappa shape index (κ2) is 5.79. The van der Waals surface area contributed by atoms with Crippen LogP contribution in [0.1, 0.15) is 18.4 Å². The largest absolute Gasteiger partial charge is 0.445 e. The fourth-order valence-corrected chi connectivity index (χ4v) is 2.18. The summed E-state index contributed by atoms with van der Waals surface area (Å²) in [4.78, 5) is 11.5. The molecular formula is C9H6F9N3OS. The van der Waals surface area contributed by atoms with Crippen molar-refractivity contribution < 1.29 is 44.3 Å². The molecule has 1 aromatic heterocycles. The number of hydrogen-bond donors (Lipinski definition) is 1. The molecule has 0 saturated carbocycles. The maximum atomic E-state index is 12.8. The predicted octanol–water partition coefficient (Wildman–Crippen LogP) is 4.02. The lowest BCUT2D eigenvalue weighted by Crippen LogP contribution is -2.57. The molecule has 0 atom stereocenters. The van der Waals surface area contributed by atoms with Gasteiger partial charge in [0.15, 0.2) is 0 Å². The first-order valence-corrected chi connectivity index (χ1v) is 6.34. The third kappa shape index (κ3) is 3.50. The highest BCUT2D eigenvalue weighted by atomic mass is 32.1. The summed E-state index contributed by atoms with van der Waals surface area (Å²) in [6, 6.07) is 0. The molecule has 0 aliphatic heterocycles. The van der Waals surface area contributed by atoms with E-state index in [-0.39, 0.29) is 0 Å². The Bertz CT molecular complexity index is 560. The number of anilines is 1. The van der Waals surface area contributed by atoms with Gasteiger partial charge in [-0.25, -0.2) is 0 Å². The predicted molar refractivity (Wildman–Crippen MR) is 58.4 cm³/mol. The third-order valence-electron chi connectivity index (χ3n) is 2.77. The summed E-state index contributed by atoms with van der Waals surface area (Å²) in [7, 11) is 0. The Morgan fingerprint density at radius 2 is 1.48 bits per heavy atom. The van der Waals surface area contributed by atoms with Crippen molar-refractivity contribution >= 4 is 22.4 Å². The lowest BCUT2D eigenvalue weighted by molar-refractivity contribution is -0.324. The number of carbonyl (C=O) groups excluding carboxylic acids is 1. The first-order chi connectivity index (χ1) is 10.2. The first kappa shape index (κ1) is 19.4. The van der Waals surface area contributed by atoms with Gasteiger partial charge >= 0.3 is 18.5 Å². The van der Waals surface area contributed by atoms with E-state index in [0.29, 0.717) is 6.92 Å². The summed E-state index contributed by atoms with van der Waals surface area (Å²) in [6.07, 6.45) is -18.7. The standard InChI is InChI=1S/C9H6F9N3OS/c1-2-6(8(13,14)15,9(16,17)18)3(22)19-5-21-20-4(23-5)7(10,11)12/h2H2,1H3,(H,19,21,22). The summed E-state index contributed by atoms with van der Waals surface area (Å²) in [6.45, 7) is 0.474. The monoisotopic (exact) mass is 375 g/mol. The molecule has 14 heteroatoms. The minimum atomic E-state index is -6.01. The molecule has 4 nitrogen and oxygen atoms in total. The number of alkyl halides is 9. The number of amides is 1. The lowest BCUT2D eigenvalue weighted by Gasteiger charge is -2.34. The van der Waals surface area contributed by atoms with Gasteiger partial charge in [-0.2, -0.15) is 39.5 Å². The van der Waals surface area contributed by atoms with Gasteiger partial charge in [-0.15, -0.1) is 10.2 Å². The van der Waals surface area contributed by atoms with Crippen molar-refractivity contribution in [1.82, 2.24) is 10.2 Å². The van der Waals surface area contributed by atoms with Crippen LogP contribution in [0.25, 0.3) is 0 Å². The van der Waals surface area contributed by atoms with Crippen LogP contribution in [0.15, 0.2) is 0 Å². The van der Waals surface area contributed by atoms with Crippen LogP contribution in [0.2, 0.25) is 0 Å². The maximum Gasteiger partial charge on any atom is 0.445 e. The van der Waals surface area contributed by atoms with Gasteiger partial charge in [0.25, 0.3) is 5.91 Å². The maximum absolute atomic E-state index is 12.8. The number of nitrogens with zero attached hydrogens (tertiary/aromatic N) is 2. The third-order valence-corrected chi connectivity index (χ3v) is 3.66. The molecule has 0 aliphatic carbocycles. The summed E-state index contributed by atoms with van der Waals surface area (Å²) < 4.78 is 114. The highest BCUT2D eigenvalue weighted by Crippen LogP contribution is 2.53. The average Bonchev–Trinajstić information content (AvgIpc) is 2.74. The molecule has 0 unspecified atom stereocenters. The lowest BCUT2D eigenvalue weighted by atomic mass is 9.82. The zero-order valence-corrected chi connectivity index (χ0v) is 11.6. The molecule has 0 saturated heterocycles. The van der Waals surface area contributed by atoms with Crippen molar-refractivity contribution in [2.45, 2.75) is 31.9 Å². The van der Waals surface area contributed by atoms with Gasteiger partial charge in [-0.3, -0.25) is 10.1 Å². The summed E-state index contributed by atoms with van der Waals surface area (Å²) in [5.41, 5.74) is -4.77. The Hall–Kier alpha value is -1.60. The molecule has 1 aromatic rings. The van der Waals surface area contributed by atoms with Crippen LogP contribution >= 0.6 is 11.3 Å². The van der Waals surface area contributed by atoms with E-state index < -0.39 is 57.7 Å². The molecule has 1 amide bonds. The van der Waals surface area contributed by atoms with Crippen molar-refractivity contribution in [2.75, 3.05) is 5.32 Å². The smallest absolute Gasteiger partial charge is 0.299 e. The quantitative estimate of drug-likeness (QED) is 0.813. The molecule has 0 aliphatic rings. The number of rotatable bonds is 3. The Morgan fingerprint density at radius 3 is 1.78 bits per heavy atom. The number of carbonyl (C=O) groups is 1. The second-order valence-corrected chi connectivity index (χ2v) is 5.10. The Morgan fingerprint density at radius 1 is 1.00 bits per heavy atom. The number of hydrogen-bond acceptors (Lipinski definition) is 4. The van der Waals surface area contributed by atoms with E-state index >= 15 is 0 Å². The van der Waals surface area contributed by atoms with Gasteiger partial charge in [0.05, 0.1) is 0 Å². The van der Waals surface area contributed by atoms with Crippen LogP contribution in [0, 0.1) is 5.41 Å². The molecule has 0 radical (unpaired) electrons. The highest BCUT2D eigenvalue weighted by molar-refractivity contribution is 7.15. The van der Waals surface area contributed by atoms with E-state index in [9.17, 15) is 44.3 Å². The van der Waals surface area contributed by atoms with E-state index in [4.69, 9.17) is 0 Å². The van der Waals surface area contributed by atoms with Gasteiger partial charge in [0.2, 0.25) is 15.6 Å². The van der Waals surface area contributed by atoms with Crippen molar-refractivity contribution in [3.63, 3.8) is 0 Å². The van der Waals surface area contributed by atoms with E-state index in [1.54, 1.807) is 0 Å². The fourth-order valence-electron chi connectivity index (χ4n) is 1.57. The average molecular weight is 375 g/mol. The van der Waals surface area contributed by atoms with Gasteiger partial charge in [0, 0.05) is 0 Å². The van der Waals surface area contributed by atoms with Crippen LogP contribution in [0.5, 0.6) is 0 Å². The van der Waals surface area contributed by atoms with Crippen molar-refractivity contribution in [3.8, 4) is 0 Å². The summed E-state index contributed by atoms with van der Waals surface area (Å²) in [5.74, 6) is -2.58. The Kier molecular flexibility index (Phi) is 4.90. The minimum absolute atomic E-state index is 0.398. The molecule has 0 bridgehead atoms. The van der Waals surface area contributed by atoms with Gasteiger partial charge in [-0.1, -0.05) is 18.3 Å². The SMILES string of the molecule is CCC(C(=O)Nc1nnc(C(F)(F)F)s1)(C(F)(F)F)C(F)(F)F. The molecular weight excluding hydrogens is 369 g/mol. The van der Waals surface area contributed by atoms with E-state index in [1.165, 1.54) is 0 Å². The molecule has 1 N–H and O–H groups in total. The molecule has 132 valence electrons. The Labute approximate surface area is 125 Å². The van der Waals surface area contributed by atoms with E-state index in [1.807, 2.05) is 0 Å². The van der Waals surface area contributed by atoms with Crippen LogP contribution < -0.4 is 5.32 Å². The van der Waals surface area contributed by atoms with Crippen LogP contribution in [-0.4, -0.2) is 28.5 Å². The minimum Gasteiger partial charge on any atom is -0.299 e. The first-order valence-electron chi connectivity index (χ1n) is 5.52. The van der Waals surface area contributed by atoms with Crippen molar-refractivity contribution in [1.29, 1.82) is 0 Å².